The van der Waals surface area contributed by atoms with Crippen molar-refractivity contribution in [1.29, 1.82) is 0 Å². The van der Waals surface area contributed by atoms with E-state index in [4.69, 9.17) is 9.84 Å². The summed E-state index contributed by atoms with van der Waals surface area (Å²) in [6.07, 6.45) is -0.704. The number of aliphatic carboxylic acids is 1. The third-order valence-electron chi connectivity index (χ3n) is 2.27. The topological polar surface area (TPSA) is 75.6 Å². The smallest absolute Gasteiger partial charge is 0.313 e. The number of carboxylic acids is 1. The van der Waals surface area contributed by atoms with Gasteiger partial charge in [-0.25, -0.2) is 4.39 Å². The average Bonchev–Trinajstić information content (AvgIpc) is 2.40. The molecule has 0 aliphatic rings. The number of carbonyl (C=O) groups is 2. The molecule has 1 atom stereocenters. The van der Waals surface area contributed by atoms with Crippen LogP contribution in [-0.4, -0.2) is 41.1 Å². The lowest BCUT2D eigenvalue weighted by Gasteiger charge is -2.14. The molecule has 7 heteroatoms. The van der Waals surface area contributed by atoms with Crippen molar-refractivity contribution in [3.05, 3.63) is 30.1 Å². The summed E-state index contributed by atoms with van der Waals surface area (Å²) >= 11 is 1.22. The van der Waals surface area contributed by atoms with E-state index >= 15 is 0 Å². The molecule has 0 aliphatic carbocycles. The molecule has 1 rings (SSSR count). The summed E-state index contributed by atoms with van der Waals surface area (Å²) < 4.78 is 18.0. The Hall–Kier alpha value is -1.76. The van der Waals surface area contributed by atoms with Gasteiger partial charge in [0.2, 0.25) is 0 Å². The van der Waals surface area contributed by atoms with E-state index < -0.39 is 12.1 Å². The molecule has 0 radical (unpaired) electrons. The highest BCUT2D eigenvalue weighted by Crippen LogP contribution is 2.12. The third-order valence-corrected chi connectivity index (χ3v) is 3.21. The summed E-state index contributed by atoms with van der Waals surface area (Å²) in [5, 5.41) is 11.1. The zero-order chi connectivity index (χ0) is 15.0. The van der Waals surface area contributed by atoms with Gasteiger partial charge in [-0.1, -0.05) is 0 Å². The maximum atomic E-state index is 12.7. The molecule has 1 unspecified atom stereocenters. The first-order chi connectivity index (χ1) is 9.49. The number of hydrogen-bond acceptors (Lipinski definition) is 4. The van der Waals surface area contributed by atoms with Crippen molar-refractivity contribution in [2.45, 2.75) is 13.0 Å². The number of nitrogens with one attached hydrogen (secondary N) is 1. The molecule has 0 saturated heterocycles. The van der Waals surface area contributed by atoms with E-state index in [0.29, 0.717) is 18.0 Å². The molecule has 0 aromatic heterocycles. The van der Waals surface area contributed by atoms with Gasteiger partial charge in [0.25, 0.3) is 5.91 Å². The fraction of sp³-hybridized carbons (Fsp3) is 0.385. The first kappa shape index (κ1) is 16.3. The molecule has 1 aromatic carbocycles. The molecule has 2 N–H and O–H groups in total. The summed E-state index contributed by atoms with van der Waals surface area (Å²) in [4.78, 5) is 22.0. The van der Waals surface area contributed by atoms with Gasteiger partial charge in [-0.15, -0.1) is 11.8 Å². The van der Waals surface area contributed by atoms with E-state index in [1.54, 1.807) is 6.92 Å². The van der Waals surface area contributed by atoms with Gasteiger partial charge in [0.15, 0.2) is 6.10 Å². The van der Waals surface area contributed by atoms with Crippen molar-refractivity contribution in [3.63, 3.8) is 0 Å². The van der Waals surface area contributed by atoms with E-state index in [1.807, 2.05) is 0 Å². The number of thioether (sulfide) groups is 1. The fourth-order valence-corrected chi connectivity index (χ4v) is 1.89. The molecule has 1 aromatic rings. The van der Waals surface area contributed by atoms with Crippen molar-refractivity contribution in [2.75, 3.05) is 18.1 Å². The molecular formula is C13H16FNO4S. The van der Waals surface area contributed by atoms with Crippen molar-refractivity contribution in [1.82, 2.24) is 5.32 Å². The van der Waals surface area contributed by atoms with Crippen LogP contribution in [0, 0.1) is 5.82 Å². The number of ether oxygens (including phenoxy) is 1. The van der Waals surface area contributed by atoms with Crippen LogP contribution >= 0.6 is 11.8 Å². The van der Waals surface area contributed by atoms with E-state index in [-0.39, 0.29) is 17.5 Å². The number of carboxylic acid groups (broad SMARTS) is 1. The van der Waals surface area contributed by atoms with Crippen LogP contribution in [0.1, 0.15) is 6.92 Å². The molecule has 0 heterocycles. The second-order valence-corrected chi connectivity index (χ2v) is 5.06. The Balaban J connectivity index is 2.25. The maximum absolute atomic E-state index is 12.7. The van der Waals surface area contributed by atoms with Crippen LogP contribution in [0.3, 0.4) is 0 Å². The van der Waals surface area contributed by atoms with Crippen molar-refractivity contribution < 1.29 is 23.8 Å². The predicted molar refractivity (Wildman–Crippen MR) is 74.5 cm³/mol. The minimum Gasteiger partial charge on any atom is -0.481 e. The molecule has 1 amide bonds. The van der Waals surface area contributed by atoms with E-state index in [2.05, 4.69) is 5.32 Å². The summed E-state index contributed by atoms with van der Waals surface area (Å²) in [6, 6.07) is 5.40. The Morgan fingerprint density at radius 3 is 2.65 bits per heavy atom. The van der Waals surface area contributed by atoms with E-state index in [9.17, 15) is 14.0 Å². The van der Waals surface area contributed by atoms with Crippen molar-refractivity contribution in [2.24, 2.45) is 0 Å². The average molecular weight is 301 g/mol. The van der Waals surface area contributed by atoms with Crippen LogP contribution < -0.4 is 10.1 Å². The summed E-state index contributed by atoms with van der Waals surface area (Å²) in [6.45, 7) is 1.96. The quantitative estimate of drug-likeness (QED) is 0.712. The molecular weight excluding hydrogens is 285 g/mol. The molecule has 0 aliphatic heterocycles. The van der Waals surface area contributed by atoms with Crippen LogP contribution in [-0.2, 0) is 9.59 Å². The summed E-state index contributed by atoms with van der Waals surface area (Å²) in [5.74, 6) is -0.613. The number of halogens is 1. The SMILES string of the molecule is CC(Oc1ccc(F)cc1)C(=O)NCCSCC(=O)O. The van der Waals surface area contributed by atoms with Crippen LogP contribution in [0.2, 0.25) is 0 Å². The second kappa shape index (κ2) is 8.42. The first-order valence-corrected chi connectivity index (χ1v) is 7.14. The Bertz CT molecular complexity index is 452. The van der Waals surface area contributed by atoms with E-state index in [1.165, 1.54) is 36.0 Å². The molecule has 5 nitrogen and oxygen atoms in total. The van der Waals surface area contributed by atoms with Gasteiger partial charge in [-0.2, -0.15) is 0 Å². The lowest BCUT2D eigenvalue weighted by Crippen LogP contribution is -2.37. The molecule has 0 bridgehead atoms. The number of carbonyl (C=O) groups excluding carboxylic acids is 1. The third kappa shape index (κ3) is 6.42. The highest BCUT2D eigenvalue weighted by atomic mass is 32.2. The van der Waals surface area contributed by atoms with Crippen molar-refractivity contribution in [3.8, 4) is 5.75 Å². The number of benzene rings is 1. The zero-order valence-electron chi connectivity index (χ0n) is 11.0. The molecule has 20 heavy (non-hydrogen) atoms. The Labute approximate surface area is 120 Å². The summed E-state index contributed by atoms with van der Waals surface area (Å²) in [7, 11) is 0. The minimum atomic E-state index is -0.880. The molecule has 0 spiro atoms. The highest BCUT2D eigenvalue weighted by Gasteiger charge is 2.13. The van der Waals surface area contributed by atoms with Gasteiger partial charge in [-0.3, -0.25) is 9.59 Å². The van der Waals surface area contributed by atoms with Crippen LogP contribution in [0.15, 0.2) is 24.3 Å². The second-order valence-electron chi connectivity index (χ2n) is 3.95. The van der Waals surface area contributed by atoms with Crippen LogP contribution in [0.5, 0.6) is 5.75 Å². The normalized spacial score (nSPS) is 11.7. The lowest BCUT2D eigenvalue weighted by atomic mass is 10.3. The standard InChI is InChI=1S/C13H16FNO4S/c1-9(19-11-4-2-10(14)3-5-11)13(18)15-6-7-20-8-12(16)17/h2-5,9H,6-8H2,1H3,(H,15,18)(H,16,17). The molecule has 110 valence electrons. The van der Waals surface area contributed by atoms with Crippen LogP contribution in [0.4, 0.5) is 4.39 Å². The first-order valence-electron chi connectivity index (χ1n) is 5.98. The monoisotopic (exact) mass is 301 g/mol. The Morgan fingerprint density at radius 2 is 2.05 bits per heavy atom. The van der Waals surface area contributed by atoms with Crippen molar-refractivity contribution >= 4 is 23.6 Å². The maximum Gasteiger partial charge on any atom is 0.313 e. The van der Waals surface area contributed by atoms with Gasteiger partial charge in [-0.05, 0) is 31.2 Å². The highest BCUT2D eigenvalue weighted by molar-refractivity contribution is 7.99. The molecule has 0 saturated carbocycles. The summed E-state index contributed by atoms with van der Waals surface area (Å²) in [5.41, 5.74) is 0. The lowest BCUT2D eigenvalue weighted by molar-refractivity contribution is -0.134. The largest absolute Gasteiger partial charge is 0.481 e. The zero-order valence-corrected chi connectivity index (χ0v) is 11.8. The van der Waals surface area contributed by atoms with E-state index in [0.717, 1.165) is 0 Å². The van der Waals surface area contributed by atoms with Crippen LogP contribution in [0.25, 0.3) is 0 Å². The number of amides is 1. The van der Waals surface area contributed by atoms with Gasteiger partial charge in [0, 0.05) is 12.3 Å². The van der Waals surface area contributed by atoms with Gasteiger partial charge in [0.05, 0.1) is 5.75 Å². The Morgan fingerprint density at radius 1 is 1.40 bits per heavy atom. The Kier molecular flexibility index (Phi) is 6.86. The number of hydrogen-bond donors (Lipinski definition) is 2. The predicted octanol–water partition coefficient (Wildman–Crippen LogP) is 1.53. The molecule has 0 fully saturated rings. The van der Waals surface area contributed by atoms with Gasteiger partial charge >= 0.3 is 5.97 Å². The minimum absolute atomic E-state index is 0.0114. The number of rotatable bonds is 8. The fourth-order valence-electron chi connectivity index (χ4n) is 1.32. The van der Waals surface area contributed by atoms with Gasteiger partial charge < -0.3 is 15.2 Å². The van der Waals surface area contributed by atoms with Gasteiger partial charge in [0.1, 0.15) is 11.6 Å².